The van der Waals surface area contributed by atoms with E-state index in [1.807, 2.05) is 29.2 Å². The molecule has 0 amide bonds. The maximum absolute atomic E-state index is 6.67. The normalized spacial score (nSPS) is 12.3. The molecule has 4 aromatic rings. The number of hydrogen-bond acceptors (Lipinski definition) is 3. The highest BCUT2D eigenvalue weighted by molar-refractivity contribution is 6.76. The summed E-state index contributed by atoms with van der Waals surface area (Å²) in [7, 11) is -1.10. The fourth-order valence-electron chi connectivity index (χ4n) is 3.41. The predicted molar refractivity (Wildman–Crippen MR) is 118 cm³/mol. The summed E-state index contributed by atoms with van der Waals surface area (Å²) in [4.78, 5) is 4.55. The van der Waals surface area contributed by atoms with Crippen molar-refractivity contribution in [2.45, 2.75) is 39.3 Å². The third-order valence-corrected chi connectivity index (χ3v) is 6.88. The van der Waals surface area contributed by atoms with Crippen molar-refractivity contribution in [2.75, 3.05) is 6.61 Å². The molecule has 0 bridgehead atoms. The molecule has 0 aliphatic carbocycles. The van der Waals surface area contributed by atoms with Gasteiger partial charge in [0.15, 0.2) is 0 Å². The van der Waals surface area contributed by atoms with E-state index in [0.29, 0.717) is 11.8 Å². The average molecular weight is 413 g/mol. The van der Waals surface area contributed by atoms with Crippen LogP contribution in [0.2, 0.25) is 30.7 Å². The molecule has 0 saturated heterocycles. The van der Waals surface area contributed by atoms with Crippen molar-refractivity contribution in [3.63, 3.8) is 0 Å². The van der Waals surface area contributed by atoms with Gasteiger partial charge in [-0.2, -0.15) is 5.10 Å². The Kier molecular flexibility index (Phi) is 5.03. The Morgan fingerprint density at radius 3 is 2.75 bits per heavy atom. The zero-order chi connectivity index (χ0) is 19.9. The van der Waals surface area contributed by atoms with Crippen molar-refractivity contribution >= 4 is 41.6 Å². The summed E-state index contributed by atoms with van der Waals surface area (Å²) in [5, 5.41) is 7.26. The Balaban J connectivity index is 1.66. The SMILES string of the molecule is Cc1cc2cccnc2n1-c1cc(Cl)c2c(cnn2COCC[Si](C)(C)C)c1. The highest BCUT2D eigenvalue weighted by Gasteiger charge is 2.15. The van der Waals surface area contributed by atoms with Crippen molar-refractivity contribution in [1.29, 1.82) is 0 Å². The van der Waals surface area contributed by atoms with Crippen LogP contribution in [-0.4, -0.2) is 34.0 Å². The maximum Gasteiger partial charge on any atom is 0.144 e. The van der Waals surface area contributed by atoms with E-state index in [2.05, 4.69) is 59.4 Å². The second-order valence-electron chi connectivity index (χ2n) is 8.39. The topological polar surface area (TPSA) is 44.9 Å². The number of hydrogen-bond donors (Lipinski definition) is 0. The van der Waals surface area contributed by atoms with Crippen LogP contribution < -0.4 is 0 Å². The molecule has 146 valence electrons. The van der Waals surface area contributed by atoms with Gasteiger partial charge in [-0.25, -0.2) is 9.67 Å². The van der Waals surface area contributed by atoms with Crippen LogP contribution in [0.5, 0.6) is 0 Å². The van der Waals surface area contributed by atoms with Crippen LogP contribution in [0.3, 0.4) is 0 Å². The Morgan fingerprint density at radius 1 is 1.14 bits per heavy atom. The average Bonchev–Trinajstić information content (AvgIpc) is 3.18. The van der Waals surface area contributed by atoms with Gasteiger partial charge in [0, 0.05) is 43.0 Å². The van der Waals surface area contributed by atoms with E-state index in [4.69, 9.17) is 16.3 Å². The molecule has 0 saturated carbocycles. The Bertz CT molecular complexity index is 1140. The van der Waals surface area contributed by atoms with Gasteiger partial charge in [0.1, 0.15) is 12.4 Å². The minimum atomic E-state index is -1.10. The lowest BCUT2D eigenvalue weighted by Gasteiger charge is -2.15. The molecule has 28 heavy (non-hydrogen) atoms. The Labute approximate surface area is 170 Å². The monoisotopic (exact) mass is 412 g/mol. The quantitative estimate of drug-likeness (QED) is 0.303. The fraction of sp³-hybridized carbons (Fsp3) is 0.333. The number of benzene rings is 1. The molecule has 5 nitrogen and oxygen atoms in total. The van der Waals surface area contributed by atoms with Crippen molar-refractivity contribution in [3.05, 3.63) is 53.4 Å². The Morgan fingerprint density at radius 2 is 1.96 bits per heavy atom. The van der Waals surface area contributed by atoms with Crippen LogP contribution in [0.4, 0.5) is 0 Å². The number of pyridine rings is 1. The highest BCUT2D eigenvalue weighted by Crippen LogP contribution is 2.30. The van der Waals surface area contributed by atoms with Gasteiger partial charge in [0.2, 0.25) is 0 Å². The first-order valence-electron chi connectivity index (χ1n) is 9.50. The van der Waals surface area contributed by atoms with E-state index in [-0.39, 0.29) is 0 Å². The van der Waals surface area contributed by atoms with Crippen molar-refractivity contribution < 1.29 is 4.74 Å². The van der Waals surface area contributed by atoms with Gasteiger partial charge < -0.3 is 4.74 Å². The summed E-state index contributed by atoms with van der Waals surface area (Å²) in [5.41, 5.74) is 3.94. The lowest BCUT2D eigenvalue weighted by molar-refractivity contribution is 0.0817. The van der Waals surface area contributed by atoms with E-state index >= 15 is 0 Å². The lowest BCUT2D eigenvalue weighted by Crippen LogP contribution is -2.22. The number of nitrogens with zero attached hydrogens (tertiary/aromatic N) is 4. The van der Waals surface area contributed by atoms with Gasteiger partial charge in [-0.15, -0.1) is 0 Å². The number of ether oxygens (including phenoxy) is 1. The van der Waals surface area contributed by atoms with E-state index in [1.165, 1.54) is 0 Å². The molecule has 4 rings (SSSR count). The number of fused-ring (bicyclic) bond motifs is 2. The molecule has 3 aromatic heterocycles. The molecule has 0 aliphatic heterocycles. The van der Waals surface area contributed by atoms with E-state index in [9.17, 15) is 0 Å². The van der Waals surface area contributed by atoms with E-state index < -0.39 is 8.07 Å². The summed E-state index contributed by atoms with van der Waals surface area (Å²) in [6.07, 6.45) is 3.66. The summed E-state index contributed by atoms with van der Waals surface area (Å²) in [5.74, 6) is 0. The molecule has 3 heterocycles. The number of rotatable bonds is 6. The van der Waals surface area contributed by atoms with Crippen molar-refractivity contribution in [3.8, 4) is 5.69 Å². The third kappa shape index (κ3) is 3.72. The lowest BCUT2D eigenvalue weighted by atomic mass is 10.2. The summed E-state index contributed by atoms with van der Waals surface area (Å²) in [6.45, 7) is 10.3. The molecule has 1 aromatic carbocycles. The Hall–Kier alpha value is -2.15. The second kappa shape index (κ2) is 7.35. The summed E-state index contributed by atoms with van der Waals surface area (Å²) < 4.78 is 9.82. The molecule has 0 N–H and O–H groups in total. The van der Waals surface area contributed by atoms with Gasteiger partial charge in [0.25, 0.3) is 0 Å². The first-order chi connectivity index (χ1) is 13.3. The van der Waals surface area contributed by atoms with E-state index in [1.54, 1.807) is 0 Å². The maximum atomic E-state index is 6.67. The minimum Gasteiger partial charge on any atom is -0.360 e. The molecule has 0 atom stereocenters. The molecular formula is C21H25ClN4OSi. The fourth-order valence-corrected chi connectivity index (χ4v) is 4.49. The summed E-state index contributed by atoms with van der Waals surface area (Å²) >= 11 is 6.67. The van der Waals surface area contributed by atoms with Crippen molar-refractivity contribution in [1.82, 2.24) is 19.3 Å². The van der Waals surface area contributed by atoms with E-state index in [0.717, 1.165) is 46.0 Å². The van der Waals surface area contributed by atoms with Crippen LogP contribution in [0, 0.1) is 6.92 Å². The number of aryl methyl sites for hydroxylation is 1. The van der Waals surface area contributed by atoms with Crippen LogP contribution in [0.1, 0.15) is 5.69 Å². The van der Waals surface area contributed by atoms with Gasteiger partial charge in [0.05, 0.1) is 16.7 Å². The van der Waals surface area contributed by atoms with Gasteiger partial charge in [-0.05, 0) is 43.3 Å². The van der Waals surface area contributed by atoms with Gasteiger partial charge in [-0.3, -0.25) is 4.57 Å². The zero-order valence-electron chi connectivity index (χ0n) is 16.7. The van der Waals surface area contributed by atoms with Gasteiger partial charge in [-0.1, -0.05) is 31.2 Å². The molecule has 0 unspecified atom stereocenters. The highest BCUT2D eigenvalue weighted by atomic mass is 35.5. The molecule has 0 aliphatic rings. The third-order valence-electron chi connectivity index (χ3n) is 4.89. The summed E-state index contributed by atoms with van der Waals surface area (Å²) in [6, 6.07) is 11.4. The number of halogens is 1. The minimum absolute atomic E-state index is 0.417. The molecule has 7 heteroatoms. The molecule has 0 spiro atoms. The molecule has 0 radical (unpaired) electrons. The molecular weight excluding hydrogens is 388 g/mol. The largest absolute Gasteiger partial charge is 0.360 e. The first-order valence-corrected chi connectivity index (χ1v) is 13.6. The van der Waals surface area contributed by atoms with Gasteiger partial charge >= 0.3 is 0 Å². The predicted octanol–water partition coefficient (Wildman–Crippen LogP) is 5.65. The smallest absolute Gasteiger partial charge is 0.144 e. The number of aromatic nitrogens is 4. The molecule has 0 fully saturated rings. The second-order valence-corrected chi connectivity index (χ2v) is 14.4. The zero-order valence-corrected chi connectivity index (χ0v) is 18.5. The van der Waals surface area contributed by atoms with Crippen LogP contribution in [-0.2, 0) is 11.5 Å². The van der Waals surface area contributed by atoms with Crippen LogP contribution in [0.15, 0.2) is 42.7 Å². The first kappa shape index (κ1) is 19.2. The standard InChI is InChI=1S/C21H25ClN4OSi/c1-15-10-16-6-5-7-23-21(16)26(15)18-11-17-13-24-25(20(17)19(22)12-18)14-27-8-9-28(2,3)4/h5-7,10-13H,8-9,14H2,1-4H3. The van der Waals surface area contributed by atoms with Crippen molar-refractivity contribution in [2.24, 2.45) is 0 Å². The van der Waals surface area contributed by atoms with Crippen LogP contribution in [0.25, 0.3) is 27.6 Å². The van der Waals surface area contributed by atoms with Crippen LogP contribution >= 0.6 is 11.6 Å².